The Morgan fingerprint density at radius 1 is 1.04 bits per heavy atom. The number of hydrogen-bond acceptors (Lipinski definition) is 5. The van der Waals surface area contributed by atoms with E-state index in [2.05, 4.69) is 10.2 Å². The minimum atomic E-state index is -0.700. The minimum Gasteiger partial charge on any atom is -0.365 e. The fraction of sp³-hybridized carbons (Fsp3) is 0.312. The van der Waals surface area contributed by atoms with Gasteiger partial charge >= 0.3 is 0 Å². The van der Waals surface area contributed by atoms with Crippen LogP contribution in [0.25, 0.3) is 0 Å². The molecule has 1 saturated heterocycles. The molecular formula is C16H15F2N5. The monoisotopic (exact) mass is 315 g/mol. The Morgan fingerprint density at radius 3 is 2.39 bits per heavy atom. The van der Waals surface area contributed by atoms with Gasteiger partial charge in [-0.25, -0.2) is 8.78 Å². The average molecular weight is 315 g/mol. The van der Waals surface area contributed by atoms with Crippen LogP contribution in [0.5, 0.6) is 0 Å². The molecular weight excluding hydrogens is 300 g/mol. The molecule has 0 spiro atoms. The summed E-state index contributed by atoms with van der Waals surface area (Å²) in [6, 6.07) is 7.58. The molecule has 2 aromatic rings. The molecule has 0 bridgehead atoms. The van der Waals surface area contributed by atoms with E-state index in [1.807, 2.05) is 17.0 Å². The standard InChI is InChI=1S/C16H15F2N5/c17-13-9-12(11-19)10-14(18)16(13)23-6-2-5-22(7-8-23)15-3-1-4-20-21-15/h1,3-4,9-10H,2,5-8H2. The van der Waals surface area contributed by atoms with Crippen molar-refractivity contribution >= 4 is 11.5 Å². The second kappa shape index (κ2) is 6.57. The third-order valence-corrected chi connectivity index (χ3v) is 3.84. The number of rotatable bonds is 2. The highest BCUT2D eigenvalue weighted by Gasteiger charge is 2.22. The van der Waals surface area contributed by atoms with E-state index in [0.717, 1.165) is 30.9 Å². The van der Waals surface area contributed by atoms with Gasteiger partial charge in [0, 0.05) is 32.4 Å². The third kappa shape index (κ3) is 3.21. The van der Waals surface area contributed by atoms with Gasteiger partial charge in [-0.05, 0) is 30.7 Å². The van der Waals surface area contributed by atoms with Crippen LogP contribution in [0, 0.1) is 23.0 Å². The second-order valence-electron chi connectivity index (χ2n) is 5.31. The lowest BCUT2D eigenvalue weighted by molar-refractivity contribution is 0.571. The van der Waals surface area contributed by atoms with Gasteiger partial charge in [0.05, 0.1) is 11.6 Å². The van der Waals surface area contributed by atoms with Crippen LogP contribution >= 0.6 is 0 Å². The van der Waals surface area contributed by atoms with E-state index in [9.17, 15) is 8.78 Å². The van der Waals surface area contributed by atoms with E-state index >= 15 is 0 Å². The van der Waals surface area contributed by atoms with Gasteiger partial charge in [-0.2, -0.15) is 10.4 Å². The highest BCUT2D eigenvalue weighted by molar-refractivity contribution is 5.53. The maximum absolute atomic E-state index is 14.2. The SMILES string of the molecule is N#Cc1cc(F)c(N2CCCN(c3cccnn3)CC2)c(F)c1. The van der Waals surface area contributed by atoms with Crippen molar-refractivity contribution in [3.63, 3.8) is 0 Å². The first-order valence-corrected chi connectivity index (χ1v) is 7.36. The molecule has 0 atom stereocenters. The maximum Gasteiger partial charge on any atom is 0.151 e. The van der Waals surface area contributed by atoms with Crippen LogP contribution in [-0.4, -0.2) is 36.4 Å². The van der Waals surface area contributed by atoms with E-state index in [0.29, 0.717) is 19.6 Å². The topological polar surface area (TPSA) is 56.1 Å². The largest absolute Gasteiger partial charge is 0.365 e. The Kier molecular flexibility index (Phi) is 4.33. The van der Waals surface area contributed by atoms with E-state index < -0.39 is 11.6 Å². The molecule has 3 rings (SSSR count). The Hall–Kier alpha value is -2.75. The molecule has 1 aliphatic heterocycles. The predicted molar refractivity (Wildman–Crippen MR) is 82.1 cm³/mol. The van der Waals surface area contributed by atoms with Crippen molar-refractivity contribution in [2.75, 3.05) is 36.0 Å². The zero-order valence-corrected chi connectivity index (χ0v) is 12.4. The summed E-state index contributed by atoms with van der Waals surface area (Å²) in [7, 11) is 0. The molecule has 0 saturated carbocycles. The molecule has 0 unspecified atom stereocenters. The Balaban J connectivity index is 1.80. The maximum atomic E-state index is 14.2. The lowest BCUT2D eigenvalue weighted by Crippen LogP contribution is -2.32. The summed E-state index contributed by atoms with van der Waals surface area (Å²) in [6.07, 6.45) is 2.35. The van der Waals surface area contributed by atoms with Crippen molar-refractivity contribution in [1.29, 1.82) is 5.26 Å². The van der Waals surface area contributed by atoms with Gasteiger partial charge < -0.3 is 9.80 Å². The number of nitrogens with zero attached hydrogens (tertiary/aromatic N) is 5. The van der Waals surface area contributed by atoms with E-state index in [4.69, 9.17) is 5.26 Å². The van der Waals surface area contributed by atoms with Crippen LogP contribution in [0.15, 0.2) is 30.5 Å². The van der Waals surface area contributed by atoms with Gasteiger partial charge in [0.15, 0.2) is 17.5 Å². The number of nitriles is 1. The molecule has 23 heavy (non-hydrogen) atoms. The number of halogens is 2. The Morgan fingerprint density at radius 2 is 1.74 bits per heavy atom. The molecule has 5 nitrogen and oxygen atoms in total. The Bertz CT molecular complexity index is 706. The van der Waals surface area contributed by atoms with E-state index in [1.165, 1.54) is 0 Å². The van der Waals surface area contributed by atoms with E-state index in [-0.39, 0.29) is 11.3 Å². The van der Waals surface area contributed by atoms with Crippen LogP contribution in [-0.2, 0) is 0 Å². The summed E-state index contributed by atoms with van der Waals surface area (Å²) in [5.41, 5.74) is -0.0789. The van der Waals surface area contributed by atoms with Gasteiger partial charge in [-0.3, -0.25) is 0 Å². The highest BCUT2D eigenvalue weighted by Crippen LogP contribution is 2.26. The quantitative estimate of drug-likeness (QED) is 0.851. The number of aromatic nitrogens is 2. The molecule has 1 aliphatic rings. The van der Waals surface area contributed by atoms with Crippen molar-refractivity contribution < 1.29 is 8.78 Å². The summed E-state index contributed by atoms with van der Waals surface area (Å²) < 4.78 is 28.3. The highest BCUT2D eigenvalue weighted by atomic mass is 19.1. The van der Waals surface area contributed by atoms with Crippen molar-refractivity contribution in [3.8, 4) is 6.07 Å². The molecule has 0 N–H and O–H groups in total. The van der Waals surface area contributed by atoms with Crippen molar-refractivity contribution in [2.45, 2.75) is 6.42 Å². The first kappa shape index (κ1) is 15.2. The smallest absolute Gasteiger partial charge is 0.151 e. The molecule has 2 heterocycles. The summed E-state index contributed by atoms with van der Waals surface area (Å²) in [5, 5.41) is 16.7. The van der Waals surface area contributed by atoms with Gasteiger partial charge in [-0.15, -0.1) is 5.10 Å². The number of anilines is 2. The zero-order valence-electron chi connectivity index (χ0n) is 12.4. The van der Waals surface area contributed by atoms with Gasteiger partial charge in [-0.1, -0.05) is 0 Å². The fourth-order valence-corrected chi connectivity index (χ4v) is 2.76. The number of hydrogen-bond donors (Lipinski definition) is 0. The van der Waals surface area contributed by atoms with Crippen molar-refractivity contribution in [2.24, 2.45) is 0 Å². The van der Waals surface area contributed by atoms with Gasteiger partial charge in [0.25, 0.3) is 0 Å². The first-order chi connectivity index (χ1) is 11.2. The minimum absolute atomic E-state index is 0.0141. The number of benzene rings is 1. The summed E-state index contributed by atoms with van der Waals surface area (Å²) in [5.74, 6) is -0.640. The molecule has 118 valence electrons. The molecule has 1 aromatic carbocycles. The van der Waals surface area contributed by atoms with Crippen LogP contribution in [0.1, 0.15) is 12.0 Å². The lowest BCUT2D eigenvalue weighted by Gasteiger charge is -2.24. The molecule has 1 fully saturated rings. The molecule has 0 aliphatic carbocycles. The first-order valence-electron chi connectivity index (χ1n) is 7.36. The average Bonchev–Trinajstić information content (AvgIpc) is 2.81. The normalized spacial score (nSPS) is 15.2. The lowest BCUT2D eigenvalue weighted by atomic mass is 10.2. The zero-order chi connectivity index (χ0) is 16.2. The van der Waals surface area contributed by atoms with Crippen molar-refractivity contribution in [3.05, 3.63) is 47.7 Å². The third-order valence-electron chi connectivity index (χ3n) is 3.84. The Labute approximate surface area is 132 Å². The molecule has 1 aromatic heterocycles. The van der Waals surface area contributed by atoms with Crippen LogP contribution in [0.2, 0.25) is 0 Å². The van der Waals surface area contributed by atoms with Gasteiger partial charge in [0.1, 0.15) is 5.69 Å². The van der Waals surface area contributed by atoms with Crippen LogP contribution in [0.3, 0.4) is 0 Å². The van der Waals surface area contributed by atoms with Crippen LogP contribution < -0.4 is 9.80 Å². The second-order valence-corrected chi connectivity index (χ2v) is 5.31. The fourth-order valence-electron chi connectivity index (χ4n) is 2.76. The molecule has 0 radical (unpaired) electrons. The summed E-state index contributed by atoms with van der Waals surface area (Å²) in [4.78, 5) is 3.73. The van der Waals surface area contributed by atoms with Crippen LogP contribution in [0.4, 0.5) is 20.3 Å². The van der Waals surface area contributed by atoms with E-state index in [1.54, 1.807) is 17.2 Å². The van der Waals surface area contributed by atoms with Gasteiger partial charge in [0.2, 0.25) is 0 Å². The predicted octanol–water partition coefficient (Wildman–Crippen LogP) is 2.34. The summed E-state index contributed by atoms with van der Waals surface area (Å²) in [6.45, 7) is 2.35. The molecule has 0 amide bonds. The molecule has 7 heteroatoms. The van der Waals surface area contributed by atoms with Crippen molar-refractivity contribution in [1.82, 2.24) is 10.2 Å². The summed E-state index contributed by atoms with van der Waals surface area (Å²) >= 11 is 0.